The first-order valence-electron chi connectivity index (χ1n) is 6.59. The van der Waals surface area contributed by atoms with Crippen molar-refractivity contribution >= 4 is 11.2 Å². The van der Waals surface area contributed by atoms with Gasteiger partial charge < -0.3 is 4.98 Å². The predicted octanol–water partition coefficient (Wildman–Crippen LogP) is 1.63. The molecule has 0 spiro atoms. The molecule has 2 heterocycles. The van der Waals surface area contributed by atoms with Crippen molar-refractivity contribution in [2.75, 3.05) is 0 Å². The number of rotatable bonds is 3. The molecule has 2 aromatic heterocycles. The highest BCUT2D eigenvalue weighted by Gasteiger charge is 2.13. The minimum absolute atomic E-state index is 0.238. The van der Waals surface area contributed by atoms with Gasteiger partial charge in [0.05, 0.1) is 0 Å². The fourth-order valence-electron chi connectivity index (χ4n) is 2.22. The summed E-state index contributed by atoms with van der Waals surface area (Å²) in [5.41, 5.74) is 0.199. The quantitative estimate of drug-likeness (QED) is 0.768. The van der Waals surface area contributed by atoms with Crippen LogP contribution in [0.25, 0.3) is 22.6 Å². The summed E-state index contributed by atoms with van der Waals surface area (Å²) in [4.78, 5) is 33.2. The van der Waals surface area contributed by atoms with Crippen LogP contribution in [0.15, 0.2) is 33.9 Å². The number of benzene rings is 1. The Morgan fingerprint density at radius 3 is 2.57 bits per heavy atom. The fourth-order valence-corrected chi connectivity index (χ4v) is 2.22. The molecule has 6 nitrogen and oxygen atoms in total. The van der Waals surface area contributed by atoms with Crippen molar-refractivity contribution in [2.24, 2.45) is 0 Å². The van der Waals surface area contributed by atoms with Crippen LogP contribution in [0, 0.1) is 5.82 Å². The van der Waals surface area contributed by atoms with Crippen LogP contribution in [-0.4, -0.2) is 19.5 Å². The maximum Gasteiger partial charge on any atom is 0.330 e. The number of aromatic nitrogens is 4. The molecular weight excluding hydrogens is 275 g/mol. The first kappa shape index (κ1) is 13.3. The fraction of sp³-hybridized carbons (Fsp3) is 0.214. The van der Waals surface area contributed by atoms with E-state index < -0.39 is 11.2 Å². The number of fused-ring (bicyclic) bond motifs is 1. The molecule has 0 bridgehead atoms. The normalized spacial score (nSPS) is 11.1. The SMILES string of the molecule is CCCn1c(=O)[nH]c(=O)c2[nH]c(-c3ccc(F)cc3)nc21. The highest BCUT2D eigenvalue weighted by Crippen LogP contribution is 2.18. The number of hydrogen-bond donors (Lipinski definition) is 2. The summed E-state index contributed by atoms with van der Waals surface area (Å²) in [6.07, 6.45) is 0.736. The van der Waals surface area contributed by atoms with Crippen molar-refractivity contribution in [3.8, 4) is 11.4 Å². The molecule has 7 heteroatoms. The Morgan fingerprint density at radius 1 is 1.19 bits per heavy atom. The number of aryl methyl sites for hydroxylation is 1. The van der Waals surface area contributed by atoms with Gasteiger partial charge in [0.2, 0.25) is 0 Å². The summed E-state index contributed by atoms with van der Waals surface area (Å²) >= 11 is 0. The monoisotopic (exact) mass is 288 g/mol. The lowest BCUT2D eigenvalue weighted by atomic mass is 10.2. The first-order valence-corrected chi connectivity index (χ1v) is 6.59. The van der Waals surface area contributed by atoms with Crippen molar-refractivity contribution in [1.82, 2.24) is 19.5 Å². The van der Waals surface area contributed by atoms with E-state index in [1.165, 1.54) is 16.7 Å². The number of imidazole rings is 1. The highest BCUT2D eigenvalue weighted by atomic mass is 19.1. The lowest BCUT2D eigenvalue weighted by Crippen LogP contribution is -2.30. The second kappa shape index (κ2) is 5.01. The Kier molecular flexibility index (Phi) is 3.17. The van der Waals surface area contributed by atoms with Crippen molar-refractivity contribution < 1.29 is 4.39 Å². The summed E-state index contributed by atoms with van der Waals surface area (Å²) in [5.74, 6) is 0.0709. The smallest absolute Gasteiger partial charge is 0.330 e. The second-order valence-corrected chi connectivity index (χ2v) is 4.70. The molecule has 0 aliphatic carbocycles. The maximum absolute atomic E-state index is 13.0. The lowest BCUT2D eigenvalue weighted by Gasteiger charge is -2.02. The molecule has 0 atom stereocenters. The summed E-state index contributed by atoms with van der Waals surface area (Å²) in [5, 5.41) is 0. The molecule has 0 aliphatic rings. The van der Waals surface area contributed by atoms with Gasteiger partial charge in [0, 0.05) is 12.1 Å². The van der Waals surface area contributed by atoms with Crippen LogP contribution in [0.1, 0.15) is 13.3 Å². The summed E-state index contributed by atoms with van der Waals surface area (Å²) < 4.78 is 14.4. The van der Waals surface area contributed by atoms with Gasteiger partial charge in [0.25, 0.3) is 5.56 Å². The van der Waals surface area contributed by atoms with Crippen LogP contribution in [0.5, 0.6) is 0 Å². The number of aromatic amines is 2. The average molecular weight is 288 g/mol. The minimum atomic E-state index is -0.511. The Balaban J connectivity index is 2.26. The molecule has 3 rings (SSSR count). The Hall–Kier alpha value is -2.70. The Bertz CT molecular complexity index is 905. The number of nitrogens with zero attached hydrogens (tertiary/aromatic N) is 2. The van der Waals surface area contributed by atoms with Crippen LogP contribution in [0.3, 0.4) is 0 Å². The van der Waals surface area contributed by atoms with Crippen LogP contribution < -0.4 is 11.2 Å². The molecule has 108 valence electrons. The molecule has 3 aromatic rings. The van der Waals surface area contributed by atoms with Crippen LogP contribution >= 0.6 is 0 Å². The Labute approximate surface area is 118 Å². The zero-order chi connectivity index (χ0) is 15.0. The second-order valence-electron chi connectivity index (χ2n) is 4.70. The Morgan fingerprint density at radius 2 is 1.90 bits per heavy atom. The largest absolute Gasteiger partial charge is 0.332 e. The van der Waals surface area contributed by atoms with Gasteiger partial charge in [0.1, 0.15) is 17.2 Å². The van der Waals surface area contributed by atoms with Crippen LogP contribution in [0.2, 0.25) is 0 Å². The van der Waals surface area contributed by atoms with E-state index in [-0.39, 0.29) is 11.3 Å². The molecule has 0 saturated carbocycles. The summed E-state index contributed by atoms with van der Waals surface area (Å²) in [6.45, 7) is 2.39. The first-order chi connectivity index (χ1) is 10.1. The van der Waals surface area contributed by atoms with E-state index in [0.29, 0.717) is 23.6 Å². The van der Waals surface area contributed by atoms with E-state index in [1.807, 2.05) is 6.92 Å². The zero-order valence-electron chi connectivity index (χ0n) is 11.3. The third-order valence-corrected chi connectivity index (χ3v) is 3.20. The third kappa shape index (κ3) is 2.26. The van der Waals surface area contributed by atoms with E-state index in [4.69, 9.17) is 0 Å². The molecule has 0 amide bonds. The van der Waals surface area contributed by atoms with Gasteiger partial charge in [0.15, 0.2) is 5.65 Å². The molecule has 0 saturated heterocycles. The molecule has 1 aromatic carbocycles. The van der Waals surface area contributed by atoms with E-state index in [1.54, 1.807) is 12.1 Å². The van der Waals surface area contributed by atoms with Gasteiger partial charge in [-0.15, -0.1) is 0 Å². The van der Waals surface area contributed by atoms with E-state index in [9.17, 15) is 14.0 Å². The van der Waals surface area contributed by atoms with E-state index in [2.05, 4.69) is 15.0 Å². The molecule has 0 aliphatic heterocycles. The number of halogens is 1. The van der Waals surface area contributed by atoms with E-state index >= 15 is 0 Å². The van der Waals surface area contributed by atoms with Gasteiger partial charge >= 0.3 is 5.69 Å². The molecular formula is C14H13FN4O2. The minimum Gasteiger partial charge on any atom is -0.332 e. The van der Waals surface area contributed by atoms with Gasteiger partial charge in [-0.2, -0.15) is 0 Å². The highest BCUT2D eigenvalue weighted by molar-refractivity contribution is 5.75. The zero-order valence-corrected chi connectivity index (χ0v) is 11.3. The number of hydrogen-bond acceptors (Lipinski definition) is 3. The predicted molar refractivity (Wildman–Crippen MR) is 76.7 cm³/mol. The molecule has 0 radical (unpaired) electrons. The van der Waals surface area contributed by atoms with Crippen molar-refractivity contribution in [3.05, 3.63) is 50.9 Å². The van der Waals surface area contributed by atoms with Gasteiger partial charge in [-0.1, -0.05) is 6.92 Å². The van der Waals surface area contributed by atoms with Crippen molar-refractivity contribution in [3.63, 3.8) is 0 Å². The standard InChI is InChI=1S/C14H13FN4O2/c1-2-7-19-12-10(13(20)18-14(19)21)16-11(17-12)8-3-5-9(15)6-4-8/h3-6H,2,7H2,1H3,(H,16,17)(H,18,20,21). The van der Waals surface area contributed by atoms with Crippen LogP contribution in [-0.2, 0) is 6.54 Å². The van der Waals surface area contributed by atoms with Crippen LogP contribution in [0.4, 0.5) is 4.39 Å². The maximum atomic E-state index is 13.0. The third-order valence-electron chi connectivity index (χ3n) is 3.20. The average Bonchev–Trinajstić information content (AvgIpc) is 2.90. The topological polar surface area (TPSA) is 83.5 Å². The summed E-state index contributed by atoms with van der Waals surface area (Å²) in [6, 6.07) is 5.74. The number of nitrogens with one attached hydrogen (secondary N) is 2. The molecule has 0 fully saturated rings. The van der Waals surface area contributed by atoms with Gasteiger partial charge in [-0.25, -0.2) is 14.2 Å². The van der Waals surface area contributed by atoms with Crippen molar-refractivity contribution in [1.29, 1.82) is 0 Å². The molecule has 21 heavy (non-hydrogen) atoms. The number of H-pyrrole nitrogens is 2. The van der Waals surface area contributed by atoms with Gasteiger partial charge in [-0.05, 0) is 30.7 Å². The van der Waals surface area contributed by atoms with E-state index in [0.717, 1.165) is 6.42 Å². The lowest BCUT2D eigenvalue weighted by molar-refractivity contribution is 0.628. The van der Waals surface area contributed by atoms with Crippen molar-refractivity contribution in [2.45, 2.75) is 19.9 Å². The summed E-state index contributed by atoms with van der Waals surface area (Å²) in [7, 11) is 0. The molecule has 2 N–H and O–H groups in total. The molecule has 0 unspecified atom stereocenters. The van der Waals surface area contributed by atoms with Gasteiger partial charge in [-0.3, -0.25) is 14.3 Å².